The van der Waals surface area contributed by atoms with Crippen LogP contribution in [0.25, 0.3) is 0 Å². The Morgan fingerprint density at radius 2 is 1.88 bits per heavy atom. The summed E-state index contributed by atoms with van der Waals surface area (Å²) in [5, 5.41) is 4.97. The zero-order valence-corrected chi connectivity index (χ0v) is 11.9. The smallest absolute Gasteiger partial charge is 0.0453 e. The second-order valence-corrected chi connectivity index (χ2v) is 5.81. The van der Waals surface area contributed by atoms with Crippen LogP contribution in [0.4, 0.5) is 0 Å². The number of hydrogen-bond donors (Lipinski definition) is 1. The van der Waals surface area contributed by atoms with Crippen LogP contribution in [-0.4, -0.2) is 13.1 Å². The zero-order chi connectivity index (χ0) is 12.4. The summed E-state index contributed by atoms with van der Waals surface area (Å²) >= 11 is 12.4. The fourth-order valence-corrected chi connectivity index (χ4v) is 3.00. The van der Waals surface area contributed by atoms with Crippen LogP contribution in [0.2, 0.25) is 10.0 Å². The Labute approximate surface area is 114 Å². The van der Waals surface area contributed by atoms with Crippen LogP contribution < -0.4 is 5.32 Å². The van der Waals surface area contributed by atoms with E-state index in [4.69, 9.17) is 23.2 Å². The third-order valence-corrected chi connectivity index (χ3v) is 4.56. The quantitative estimate of drug-likeness (QED) is 0.848. The van der Waals surface area contributed by atoms with Crippen molar-refractivity contribution in [3.8, 4) is 0 Å². The van der Waals surface area contributed by atoms with E-state index in [0.717, 1.165) is 27.9 Å². The largest absolute Gasteiger partial charge is 0.316 e. The standard InChI is InChI=1S/C14H19Cl2N/c1-9(10-6-7-10)14(17-2)8-11-12(15)4-3-5-13(11)16/h3-5,9-10,14,17H,6-8H2,1-2H3. The van der Waals surface area contributed by atoms with Gasteiger partial charge in [0.1, 0.15) is 0 Å². The lowest BCUT2D eigenvalue weighted by Crippen LogP contribution is -2.35. The van der Waals surface area contributed by atoms with Gasteiger partial charge in [0.2, 0.25) is 0 Å². The first-order valence-electron chi connectivity index (χ1n) is 6.23. The highest BCUT2D eigenvalue weighted by atomic mass is 35.5. The molecule has 0 bridgehead atoms. The molecule has 2 rings (SSSR count). The normalized spacial score (nSPS) is 19.1. The van der Waals surface area contributed by atoms with Crippen LogP contribution >= 0.6 is 23.2 Å². The van der Waals surface area contributed by atoms with Crippen molar-refractivity contribution in [1.82, 2.24) is 5.32 Å². The molecular weight excluding hydrogens is 253 g/mol. The topological polar surface area (TPSA) is 12.0 Å². The van der Waals surface area contributed by atoms with Gasteiger partial charge >= 0.3 is 0 Å². The van der Waals surface area contributed by atoms with Gasteiger partial charge in [-0.05, 0) is 55.8 Å². The minimum absolute atomic E-state index is 0.458. The maximum Gasteiger partial charge on any atom is 0.0453 e. The number of rotatable bonds is 5. The molecule has 0 amide bonds. The van der Waals surface area contributed by atoms with Gasteiger partial charge in [0.15, 0.2) is 0 Å². The number of hydrogen-bond acceptors (Lipinski definition) is 1. The second-order valence-electron chi connectivity index (χ2n) is 5.00. The predicted octanol–water partition coefficient (Wildman–Crippen LogP) is 4.17. The van der Waals surface area contributed by atoms with Crippen LogP contribution in [0, 0.1) is 11.8 Å². The van der Waals surface area contributed by atoms with Crippen LogP contribution in [-0.2, 0) is 6.42 Å². The number of likely N-dealkylation sites (N-methyl/N-ethyl adjacent to an activating group) is 1. The molecule has 0 spiro atoms. The summed E-state index contributed by atoms with van der Waals surface area (Å²) in [6.07, 6.45) is 3.65. The van der Waals surface area contributed by atoms with Crippen molar-refractivity contribution >= 4 is 23.2 Å². The average Bonchev–Trinajstić information content (AvgIpc) is 3.12. The van der Waals surface area contributed by atoms with Gasteiger partial charge in [-0.1, -0.05) is 36.2 Å². The molecule has 94 valence electrons. The molecule has 2 unspecified atom stereocenters. The van der Waals surface area contributed by atoms with E-state index in [1.54, 1.807) is 0 Å². The summed E-state index contributed by atoms with van der Waals surface area (Å²) in [4.78, 5) is 0. The van der Waals surface area contributed by atoms with Crippen molar-refractivity contribution in [1.29, 1.82) is 0 Å². The molecule has 1 aromatic carbocycles. The van der Waals surface area contributed by atoms with E-state index < -0.39 is 0 Å². The van der Waals surface area contributed by atoms with Gasteiger partial charge in [-0.25, -0.2) is 0 Å². The summed E-state index contributed by atoms with van der Waals surface area (Å²) < 4.78 is 0. The molecule has 3 heteroatoms. The Kier molecular flexibility index (Phi) is 4.35. The number of halogens is 2. The predicted molar refractivity (Wildman–Crippen MR) is 74.9 cm³/mol. The molecule has 0 heterocycles. The zero-order valence-electron chi connectivity index (χ0n) is 10.3. The minimum Gasteiger partial charge on any atom is -0.316 e. The van der Waals surface area contributed by atoms with Crippen LogP contribution in [0.15, 0.2) is 18.2 Å². The van der Waals surface area contributed by atoms with Gasteiger partial charge in [-0.2, -0.15) is 0 Å². The lowest BCUT2D eigenvalue weighted by atomic mass is 9.91. The lowest BCUT2D eigenvalue weighted by molar-refractivity contribution is 0.358. The summed E-state index contributed by atoms with van der Waals surface area (Å²) in [5.41, 5.74) is 1.07. The molecule has 0 aromatic heterocycles. The number of nitrogens with one attached hydrogen (secondary N) is 1. The molecule has 0 radical (unpaired) electrons. The maximum absolute atomic E-state index is 6.22. The molecule has 1 saturated carbocycles. The van der Waals surface area contributed by atoms with E-state index in [-0.39, 0.29) is 0 Å². The Balaban J connectivity index is 2.12. The third kappa shape index (κ3) is 3.15. The summed E-state index contributed by atoms with van der Waals surface area (Å²) in [6.45, 7) is 2.32. The van der Waals surface area contributed by atoms with Crippen LogP contribution in [0.1, 0.15) is 25.3 Å². The summed E-state index contributed by atoms with van der Waals surface area (Å²) in [5.74, 6) is 1.57. The molecule has 2 atom stereocenters. The van der Waals surface area contributed by atoms with Gasteiger partial charge in [0.25, 0.3) is 0 Å². The fourth-order valence-electron chi connectivity index (χ4n) is 2.45. The van der Waals surface area contributed by atoms with Gasteiger partial charge in [0, 0.05) is 16.1 Å². The molecule has 0 saturated heterocycles. The van der Waals surface area contributed by atoms with Crippen LogP contribution in [0.5, 0.6) is 0 Å². The Bertz CT molecular complexity index is 368. The van der Waals surface area contributed by atoms with E-state index in [2.05, 4.69) is 12.2 Å². The molecular formula is C14H19Cl2N. The van der Waals surface area contributed by atoms with Gasteiger partial charge in [-0.15, -0.1) is 0 Å². The average molecular weight is 272 g/mol. The van der Waals surface area contributed by atoms with Crippen molar-refractivity contribution in [2.24, 2.45) is 11.8 Å². The lowest BCUT2D eigenvalue weighted by Gasteiger charge is -2.24. The van der Waals surface area contributed by atoms with E-state index >= 15 is 0 Å². The molecule has 1 N–H and O–H groups in total. The minimum atomic E-state index is 0.458. The molecule has 1 nitrogen and oxygen atoms in total. The molecule has 1 aromatic rings. The first-order chi connectivity index (χ1) is 8.13. The monoisotopic (exact) mass is 271 g/mol. The second kappa shape index (κ2) is 5.60. The first-order valence-corrected chi connectivity index (χ1v) is 6.99. The fraction of sp³-hybridized carbons (Fsp3) is 0.571. The Morgan fingerprint density at radius 1 is 1.29 bits per heavy atom. The summed E-state index contributed by atoms with van der Waals surface area (Å²) in [7, 11) is 2.02. The molecule has 17 heavy (non-hydrogen) atoms. The van der Waals surface area contributed by atoms with E-state index in [9.17, 15) is 0 Å². The summed E-state index contributed by atoms with van der Waals surface area (Å²) in [6, 6.07) is 6.18. The van der Waals surface area contributed by atoms with Crippen LogP contribution in [0.3, 0.4) is 0 Å². The Morgan fingerprint density at radius 3 is 2.35 bits per heavy atom. The van der Waals surface area contributed by atoms with Crippen molar-refractivity contribution in [2.45, 2.75) is 32.2 Å². The highest BCUT2D eigenvalue weighted by Gasteiger charge is 2.33. The van der Waals surface area contributed by atoms with E-state index in [1.165, 1.54) is 12.8 Å². The molecule has 0 aliphatic heterocycles. The maximum atomic E-state index is 6.22. The molecule has 1 fully saturated rings. The van der Waals surface area contributed by atoms with Gasteiger partial charge in [-0.3, -0.25) is 0 Å². The van der Waals surface area contributed by atoms with Gasteiger partial charge in [0.05, 0.1) is 0 Å². The number of benzene rings is 1. The highest BCUT2D eigenvalue weighted by Crippen LogP contribution is 2.39. The third-order valence-electron chi connectivity index (χ3n) is 3.86. The van der Waals surface area contributed by atoms with Crippen molar-refractivity contribution < 1.29 is 0 Å². The highest BCUT2D eigenvalue weighted by molar-refractivity contribution is 6.36. The molecule has 1 aliphatic rings. The van der Waals surface area contributed by atoms with E-state index in [1.807, 2.05) is 25.2 Å². The van der Waals surface area contributed by atoms with Crippen molar-refractivity contribution in [3.63, 3.8) is 0 Å². The van der Waals surface area contributed by atoms with E-state index in [0.29, 0.717) is 12.0 Å². The van der Waals surface area contributed by atoms with Crippen molar-refractivity contribution in [2.75, 3.05) is 7.05 Å². The van der Waals surface area contributed by atoms with Crippen molar-refractivity contribution in [3.05, 3.63) is 33.8 Å². The first kappa shape index (κ1) is 13.2. The molecule has 1 aliphatic carbocycles. The Hall–Kier alpha value is -0.240. The van der Waals surface area contributed by atoms with Gasteiger partial charge < -0.3 is 5.32 Å². The SMILES string of the molecule is CNC(Cc1c(Cl)cccc1Cl)C(C)C1CC1.